The van der Waals surface area contributed by atoms with E-state index >= 15 is 0 Å². The quantitative estimate of drug-likeness (QED) is 0.921. The Bertz CT molecular complexity index is 673. The number of nitrogens with one attached hydrogen (secondary N) is 1. The number of hydrogen-bond acceptors (Lipinski definition) is 3. The van der Waals surface area contributed by atoms with E-state index in [4.69, 9.17) is 9.47 Å². The fourth-order valence-corrected chi connectivity index (χ4v) is 2.08. The summed E-state index contributed by atoms with van der Waals surface area (Å²) in [5.74, 6) is 0.0796. The number of ether oxygens (including phenoxy) is 2. The normalized spacial score (nSPS) is 11.6. The first-order valence-corrected chi connectivity index (χ1v) is 6.83. The van der Waals surface area contributed by atoms with Crippen LogP contribution in [0, 0.1) is 5.82 Å². The van der Waals surface area contributed by atoms with Gasteiger partial charge >= 0.3 is 0 Å². The zero-order valence-corrected chi connectivity index (χ0v) is 12.7. The molecule has 0 heterocycles. The number of halogens is 1. The first-order valence-electron chi connectivity index (χ1n) is 6.83. The smallest absolute Gasteiger partial charge is 0.251 e. The summed E-state index contributed by atoms with van der Waals surface area (Å²) in [4.78, 5) is 12.2. The molecule has 0 aromatic heterocycles. The Kier molecular flexibility index (Phi) is 4.99. The minimum absolute atomic E-state index is 0.176. The summed E-state index contributed by atoms with van der Waals surface area (Å²) < 4.78 is 23.7. The van der Waals surface area contributed by atoms with Gasteiger partial charge in [-0.2, -0.15) is 0 Å². The van der Waals surface area contributed by atoms with Crippen molar-refractivity contribution in [3.8, 4) is 11.5 Å². The van der Waals surface area contributed by atoms with E-state index < -0.39 is 5.82 Å². The molecule has 2 rings (SSSR count). The van der Waals surface area contributed by atoms with E-state index in [0.717, 1.165) is 0 Å². The molecule has 0 fully saturated rings. The molecule has 0 saturated heterocycles. The molecule has 0 aliphatic carbocycles. The maximum atomic E-state index is 13.7. The molecule has 0 bridgehead atoms. The lowest BCUT2D eigenvalue weighted by Gasteiger charge is -2.15. The van der Waals surface area contributed by atoms with Gasteiger partial charge in [0.25, 0.3) is 5.91 Å². The van der Waals surface area contributed by atoms with Gasteiger partial charge in [-0.15, -0.1) is 0 Å². The molecule has 0 spiro atoms. The molecule has 1 atom stereocenters. The van der Waals surface area contributed by atoms with Gasteiger partial charge in [0.2, 0.25) is 0 Å². The number of carbonyl (C=O) groups excluding carboxylic acids is 1. The second kappa shape index (κ2) is 6.93. The lowest BCUT2D eigenvalue weighted by molar-refractivity contribution is 0.0939. The average Bonchev–Trinajstić information content (AvgIpc) is 2.54. The Labute approximate surface area is 128 Å². The molecule has 1 amide bonds. The number of hydrogen-bond donors (Lipinski definition) is 1. The van der Waals surface area contributed by atoms with Crippen LogP contribution in [0.1, 0.15) is 28.9 Å². The number of rotatable bonds is 5. The van der Waals surface area contributed by atoms with Gasteiger partial charge in [0, 0.05) is 5.56 Å². The second-order valence-electron chi connectivity index (χ2n) is 4.82. The molecule has 1 N–H and O–H groups in total. The summed E-state index contributed by atoms with van der Waals surface area (Å²) in [6.45, 7) is 1.79. The summed E-state index contributed by atoms with van der Waals surface area (Å²) in [5.41, 5.74) is 1.15. The highest BCUT2D eigenvalue weighted by Gasteiger charge is 2.14. The average molecular weight is 303 g/mol. The Morgan fingerprint density at radius 3 is 2.55 bits per heavy atom. The maximum absolute atomic E-state index is 13.7. The maximum Gasteiger partial charge on any atom is 0.251 e. The van der Waals surface area contributed by atoms with E-state index in [2.05, 4.69) is 5.32 Å². The molecule has 0 radical (unpaired) electrons. The minimum Gasteiger partial charge on any atom is -0.497 e. The number of carbonyl (C=O) groups is 1. The molecule has 0 saturated carbocycles. The third kappa shape index (κ3) is 3.55. The van der Waals surface area contributed by atoms with Gasteiger partial charge < -0.3 is 14.8 Å². The fraction of sp³-hybridized carbons (Fsp3) is 0.235. The summed E-state index contributed by atoms with van der Waals surface area (Å²) in [7, 11) is 2.95. The largest absolute Gasteiger partial charge is 0.497 e. The third-order valence-electron chi connectivity index (χ3n) is 3.36. The van der Waals surface area contributed by atoms with Crippen LogP contribution in [-0.4, -0.2) is 20.1 Å². The topological polar surface area (TPSA) is 47.6 Å². The van der Waals surface area contributed by atoms with Gasteiger partial charge in [0.15, 0.2) is 11.6 Å². The lowest BCUT2D eigenvalue weighted by atomic mass is 10.1. The van der Waals surface area contributed by atoms with Crippen molar-refractivity contribution >= 4 is 5.91 Å². The van der Waals surface area contributed by atoms with Crippen LogP contribution in [0.4, 0.5) is 4.39 Å². The van der Waals surface area contributed by atoms with Gasteiger partial charge in [0.05, 0.1) is 20.3 Å². The summed E-state index contributed by atoms with van der Waals surface area (Å²) in [6.07, 6.45) is 0. The van der Waals surface area contributed by atoms with Crippen LogP contribution < -0.4 is 14.8 Å². The van der Waals surface area contributed by atoms with Crippen molar-refractivity contribution in [1.82, 2.24) is 5.32 Å². The first-order chi connectivity index (χ1) is 10.5. The van der Waals surface area contributed by atoms with Crippen LogP contribution in [0.5, 0.6) is 11.5 Å². The molecule has 1 unspecified atom stereocenters. The number of amides is 1. The first kappa shape index (κ1) is 15.8. The lowest BCUT2D eigenvalue weighted by Crippen LogP contribution is -2.26. The van der Waals surface area contributed by atoms with E-state index in [9.17, 15) is 9.18 Å². The summed E-state index contributed by atoms with van der Waals surface area (Å²) >= 11 is 0. The molecule has 116 valence electrons. The van der Waals surface area contributed by atoms with E-state index in [0.29, 0.717) is 16.9 Å². The Morgan fingerprint density at radius 1 is 1.14 bits per heavy atom. The van der Waals surface area contributed by atoms with Crippen molar-refractivity contribution in [3.63, 3.8) is 0 Å². The predicted molar refractivity (Wildman–Crippen MR) is 81.8 cm³/mol. The van der Waals surface area contributed by atoms with Gasteiger partial charge in [-0.25, -0.2) is 4.39 Å². The van der Waals surface area contributed by atoms with Crippen molar-refractivity contribution < 1.29 is 18.7 Å². The minimum atomic E-state index is -0.456. The third-order valence-corrected chi connectivity index (χ3v) is 3.36. The van der Waals surface area contributed by atoms with Gasteiger partial charge in [-0.05, 0) is 42.8 Å². The second-order valence-corrected chi connectivity index (χ2v) is 4.82. The van der Waals surface area contributed by atoms with Crippen LogP contribution in [0.3, 0.4) is 0 Å². The molecule has 2 aromatic carbocycles. The highest BCUT2D eigenvalue weighted by atomic mass is 19.1. The zero-order valence-electron chi connectivity index (χ0n) is 12.7. The number of methoxy groups -OCH3 is 2. The summed E-state index contributed by atoms with van der Waals surface area (Å²) in [6, 6.07) is 11.1. The Morgan fingerprint density at radius 2 is 1.91 bits per heavy atom. The van der Waals surface area contributed by atoms with Crippen molar-refractivity contribution in [2.24, 2.45) is 0 Å². The van der Waals surface area contributed by atoms with E-state index in [-0.39, 0.29) is 17.7 Å². The molecule has 5 heteroatoms. The molecule has 4 nitrogen and oxygen atoms in total. The van der Waals surface area contributed by atoms with Crippen LogP contribution in [-0.2, 0) is 0 Å². The van der Waals surface area contributed by atoms with Crippen molar-refractivity contribution in [2.75, 3.05) is 14.2 Å². The molecular formula is C17H18FNO3. The highest BCUT2D eigenvalue weighted by Crippen LogP contribution is 2.22. The van der Waals surface area contributed by atoms with E-state index in [1.165, 1.54) is 13.2 Å². The molecule has 0 aliphatic rings. The van der Waals surface area contributed by atoms with Crippen molar-refractivity contribution in [2.45, 2.75) is 13.0 Å². The zero-order chi connectivity index (χ0) is 16.1. The van der Waals surface area contributed by atoms with Crippen LogP contribution in [0.2, 0.25) is 0 Å². The van der Waals surface area contributed by atoms with Crippen molar-refractivity contribution in [1.29, 1.82) is 0 Å². The Balaban J connectivity index is 2.12. The Hall–Kier alpha value is -2.56. The number of benzene rings is 2. The standard InChI is InChI=1S/C17H18FNO3/c1-11(12-7-8-16(22-3)15(18)10-12)19-17(20)13-5-4-6-14(9-13)21-2/h4-11H,1-3H3,(H,19,20). The van der Waals surface area contributed by atoms with Crippen molar-refractivity contribution in [3.05, 3.63) is 59.4 Å². The van der Waals surface area contributed by atoms with Gasteiger partial charge in [-0.1, -0.05) is 12.1 Å². The molecule has 0 aliphatic heterocycles. The molecule has 22 heavy (non-hydrogen) atoms. The molecule has 2 aromatic rings. The van der Waals surface area contributed by atoms with E-state index in [1.54, 1.807) is 50.4 Å². The van der Waals surface area contributed by atoms with Gasteiger partial charge in [0.1, 0.15) is 5.75 Å². The van der Waals surface area contributed by atoms with Crippen LogP contribution in [0.25, 0.3) is 0 Å². The summed E-state index contributed by atoms with van der Waals surface area (Å²) in [5, 5.41) is 2.83. The van der Waals surface area contributed by atoms with Crippen LogP contribution >= 0.6 is 0 Å². The predicted octanol–water partition coefficient (Wildman–Crippen LogP) is 3.33. The molecular weight excluding hydrogens is 285 g/mol. The van der Waals surface area contributed by atoms with Gasteiger partial charge in [-0.3, -0.25) is 4.79 Å². The SMILES string of the molecule is COc1cccc(C(=O)NC(C)c2ccc(OC)c(F)c2)c1. The van der Waals surface area contributed by atoms with Crippen LogP contribution in [0.15, 0.2) is 42.5 Å². The fourth-order valence-electron chi connectivity index (χ4n) is 2.08. The van der Waals surface area contributed by atoms with E-state index in [1.807, 2.05) is 0 Å². The monoisotopic (exact) mass is 303 g/mol. The highest BCUT2D eigenvalue weighted by molar-refractivity contribution is 5.94.